The Bertz CT molecular complexity index is 1240. The van der Waals surface area contributed by atoms with E-state index in [-0.39, 0.29) is 22.0 Å². The van der Waals surface area contributed by atoms with Crippen molar-refractivity contribution < 1.29 is 9.18 Å². The third-order valence-corrected chi connectivity index (χ3v) is 7.98. The van der Waals surface area contributed by atoms with E-state index in [0.29, 0.717) is 47.6 Å². The molecular formula is C24H28Cl2FN7O. The summed E-state index contributed by atoms with van der Waals surface area (Å²) in [6, 6.07) is 2.78. The zero-order chi connectivity index (χ0) is 24.7. The standard InChI is InChI=1S/C24H28Cl2FN7O/c1-24(21(28)35)8-6-15(7-9-24)34-20-18(12-29-22(33-20)30-14-4-2-3-5-14)31-23(34)32-19-16(25)10-13(27)11-17(19)26/h10-12,14-15H,2-9H2,1H3,(H2,28,35)(H,31,32)(H,29,30,33). The van der Waals surface area contributed by atoms with Crippen molar-refractivity contribution in [3.05, 3.63) is 34.2 Å². The number of nitrogens with zero attached hydrogens (tertiary/aromatic N) is 4. The lowest BCUT2D eigenvalue weighted by Gasteiger charge is -2.35. The smallest absolute Gasteiger partial charge is 0.224 e. The minimum atomic E-state index is -0.534. The zero-order valence-electron chi connectivity index (χ0n) is 19.5. The first kappa shape index (κ1) is 24.1. The van der Waals surface area contributed by atoms with Gasteiger partial charge in [0.05, 0.1) is 21.9 Å². The highest BCUT2D eigenvalue weighted by Gasteiger charge is 2.37. The largest absolute Gasteiger partial charge is 0.369 e. The van der Waals surface area contributed by atoms with Crippen LogP contribution in [0.15, 0.2) is 18.3 Å². The summed E-state index contributed by atoms with van der Waals surface area (Å²) in [7, 11) is 0. The van der Waals surface area contributed by atoms with E-state index in [9.17, 15) is 9.18 Å². The summed E-state index contributed by atoms with van der Waals surface area (Å²) < 4.78 is 15.8. The highest BCUT2D eigenvalue weighted by Crippen LogP contribution is 2.43. The molecule has 3 aromatic rings. The van der Waals surface area contributed by atoms with Crippen molar-refractivity contribution in [1.29, 1.82) is 0 Å². The van der Waals surface area contributed by atoms with E-state index in [4.69, 9.17) is 38.9 Å². The predicted octanol–water partition coefficient (Wildman–Crippen LogP) is 5.98. The summed E-state index contributed by atoms with van der Waals surface area (Å²) in [5.41, 5.74) is 6.79. The molecule has 2 heterocycles. The highest BCUT2D eigenvalue weighted by molar-refractivity contribution is 6.39. The highest BCUT2D eigenvalue weighted by atomic mass is 35.5. The fraction of sp³-hybridized carbons (Fsp3) is 0.500. The lowest BCUT2D eigenvalue weighted by molar-refractivity contribution is -0.128. The maximum atomic E-state index is 13.8. The van der Waals surface area contributed by atoms with Crippen molar-refractivity contribution in [2.45, 2.75) is 70.4 Å². The van der Waals surface area contributed by atoms with Crippen LogP contribution in [0.3, 0.4) is 0 Å². The van der Waals surface area contributed by atoms with Gasteiger partial charge in [-0.1, -0.05) is 43.0 Å². The summed E-state index contributed by atoms with van der Waals surface area (Å²) in [4.78, 5) is 26.0. The fourth-order valence-corrected chi connectivity index (χ4v) is 5.72. The van der Waals surface area contributed by atoms with Gasteiger partial charge in [0.1, 0.15) is 11.3 Å². The van der Waals surface area contributed by atoms with E-state index in [2.05, 4.69) is 15.6 Å². The van der Waals surface area contributed by atoms with E-state index >= 15 is 0 Å². The summed E-state index contributed by atoms with van der Waals surface area (Å²) in [5.74, 6) is 0.244. The Hall–Kier alpha value is -2.65. The van der Waals surface area contributed by atoms with Gasteiger partial charge in [0.15, 0.2) is 5.65 Å². The van der Waals surface area contributed by atoms with Crippen LogP contribution in [0.4, 0.5) is 22.0 Å². The number of imidazole rings is 1. The molecule has 11 heteroatoms. The van der Waals surface area contributed by atoms with E-state index in [1.165, 1.54) is 25.0 Å². The number of carbonyl (C=O) groups excluding carboxylic acids is 1. The molecule has 0 aliphatic heterocycles. The predicted molar refractivity (Wildman–Crippen MR) is 136 cm³/mol. The maximum Gasteiger partial charge on any atom is 0.224 e. The Morgan fingerprint density at radius 3 is 2.43 bits per heavy atom. The van der Waals surface area contributed by atoms with Gasteiger partial charge in [-0.15, -0.1) is 0 Å². The second-order valence-corrected chi connectivity index (χ2v) is 10.7. The van der Waals surface area contributed by atoms with Crippen LogP contribution in [0.1, 0.15) is 64.3 Å². The Labute approximate surface area is 212 Å². The lowest BCUT2D eigenvalue weighted by Crippen LogP contribution is -2.38. The van der Waals surface area contributed by atoms with Gasteiger partial charge in [-0.25, -0.2) is 14.4 Å². The molecule has 1 amide bonds. The second kappa shape index (κ2) is 9.43. The van der Waals surface area contributed by atoms with Crippen molar-refractivity contribution >= 4 is 57.9 Å². The van der Waals surface area contributed by atoms with Crippen molar-refractivity contribution in [2.75, 3.05) is 10.6 Å². The summed E-state index contributed by atoms with van der Waals surface area (Å²) >= 11 is 12.6. The number of benzene rings is 1. The van der Waals surface area contributed by atoms with Gasteiger partial charge in [0, 0.05) is 17.5 Å². The average molecular weight is 520 g/mol. The number of hydrogen-bond donors (Lipinski definition) is 3. The van der Waals surface area contributed by atoms with Crippen molar-refractivity contribution in [3.63, 3.8) is 0 Å². The van der Waals surface area contributed by atoms with E-state index in [1.807, 2.05) is 11.5 Å². The number of amides is 1. The third kappa shape index (κ3) is 4.76. The Morgan fingerprint density at radius 1 is 1.14 bits per heavy atom. The van der Waals surface area contributed by atoms with Crippen LogP contribution in [-0.2, 0) is 4.79 Å². The molecule has 0 radical (unpaired) electrons. The molecule has 2 saturated carbocycles. The number of primary amides is 1. The van der Waals surface area contributed by atoms with Gasteiger partial charge in [0.25, 0.3) is 0 Å². The van der Waals surface area contributed by atoms with Crippen LogP contribution in [0, 0.1) is 11.2 Å². The molecule has 0 spiro atoms. The summed E-state index contributed by atoms with van der Waals surface area (Å²) in [6.45, 7) is 1.92. The van der Waals surface area contributed by atoms with Crippen molar-refractivity contribution in [2.24, 2.45) is 11.1 Å². The average Bonchev–Trinajstić information content (AvgIpc) is 3.44. The molecule has 0 bridgehead atoms. The molecule has 186 valence electrons. The molecule has 5 rings (SSSR count). The molecule has 2 aliphatic carbocycles. The third-order valence-electron chi connectivity index (χ3n) is 7.38. The number of hydrogen-bond acceptors (Lipinski definition) is 6. The fourth-order valence-electron chi connectivity index (χ4n) is 5.16. The van der Waals surface area contributed by atoms with Crippen LogP contribution in [-0.4, -0.2) is 31.5 Å². The van der Waals surface area contributed by atoms with Gasteiger partial charge in [-0.3, -0.25) is 9.36 Å². The number of halogens is 3. The molecular weight excluding hydrogens is 492 g/mol. The van der Waals surface area contributed by atoms with E-state index in [0.717, 1.165) is 25.7 Å². The van der Waals surface area contributed by atoms with Gasteiger partial charge >= 0.3 is 0 Å². The van der Waals surface area contributed by atoms with Crippen LogP contribution in [0.2, 0.25) is 10.0 Å². The quantitative estimate of drug-likeness (QED) is 0.369. The number of anilines is 3. The molecule has 35 heavy (non-hydrogen) atoms. The van der Waals surface area contributed by atoms with Gasteiger partial charge in [-0.05, 0) is 50.7 Å². The molecule has 2 fully saturated rings. The minimum absolute atomic E-state index is 0.0159. The molecule has 0 saturated heterocycles. The normalized spacial score (nSPS) is 23.0. The van der Waals surface area contributed by atoms with Crippen LogP contribution < -0.4 is 16.4 Å². The van der Waals surface area contributed by atoms with Gasteiger partial charge in [0.2, 0.25) is 17.8 Å². The van der Waals surface area contributed by atoms with E-state index in [1.54, 1.807) is 6.20 Å². The molecule has 2 aromatic heterocycles. The molecule has 1 aromatic carbocycles. The number of nitrogens with two attached hydrogens (primary N) is 1. The molecule has 0 atom stereocenters. The zero-order valence-corrected chi connectivity index (χ0v) is 21.0. The topological polar surface area (TPSA) is 111 Å². The van der Waals surface area contributed by atoms with Crippen molar-refractivity contribution in [1.82, 2.24) is 19.5 Å². The minimum Gasteiger partial charge on any atom is -0.369 e. The molecule has 4 N–H and O–H groups in total. The Kier molecular flexibility index (Phi) is 6.48. The van der Waals surface area contributed by atoms with Crippen LogP contribution in [0.25, 0.3) is 11.2 Å². The van der Waals surface area contributed by atoms with Crippen LogP contribution in [0.5, 0.6) is 0 Å². The number of fused-ring (bicyclic) bond motifs is 1. The Balaban J connectivity index is 1.54. The summed E-state index contributed by atoms with van der Waals surface area (Å²) in [6.07, 6.45) is 9.06. The van der Waals surface area contributed by atoms with Crippen LogP contribution >= 0.6 is 23.2 Å². The summed E-state index contributed by atoms with van der Waals surface area (Å²) in [5, 5.41) is 6.94. The first-order valence-electron chi connectivity index (χ1n) is 12.0. The molecule has 0 unspecified atom stereocenters. The van der Waals surface area contributed by atoms with Gasteiger partial charge < -0.3 is 16.4 Å². The molecule has 2 aliphatic rings. The van der Waals surface area contributed by atoms with Crippen molar-refractivity contribution in [3.8, 4) is 0 Å². The second-order valence-electron chi connectivity index (χ2n) is 9.86. The number of rotatable bonds is 6. The number of carbonyl (C=O) groups is 1. The maximum absolute atomic E-state index is 13.8. The van der Waals surface area contributed by atoms with E-state index < -0.39 is 11.2 Å². The Morgan fingerprint density at radius 2 is 1.80 bits per heavy atom. The molecule has 8 nitrogen and oxygen atoms in total. The first-order chi connectivity index (χ1) is 16.7. The monoisotopic (exact) mass is 519 g/mol. The number of aromatic nitrogens is 4. The number of nitrogens with one attached hydrogen (secondary N) is 2. The first-order valence-corrected chi connectivity index (χ1v) is 12.7. The lowest BCUT2D eigenvalue weighted by atomic mass is 9.73. The SMILES string of the molecule is CC1(C(N)=O)CCC(n2c(Nc3c(Cl)cc(F)cc3Cl)nc3cnc(NC4CCCC4)nc32)CC1. The van der Waals surface area contributed by atoms with Gasteiger partial charge in [-0.2, -0.15) is 4.98 Å².